The molecule has 5 heteroatoms. The number of likely N-dealkylation sites (N-methyl/N-ethyl adjacent to an activating group) is 1. The Morgan fingerprint density at radius 1 is 1.00 bits per heavy atom. The maximum Gasteiger partial charge on any atom is 0.133 e. The molecule has 0 fully saturated rings. The van der Waals surface area contributed by atoms with Crippen molar-refractivity contribution in [2.24, 2.45) is 0 Å². The number of hydrogen-bond donors (Lipinski definition) is 1. The second kappa shape index (κ2) is 6.72. The number of nitrogens with zero attached hydrogens (tertiary/aromatic N) is 2. The zero-order valence-electron chi connectivity index (χ0n) is 12.5. The third-order valence-electron chi connectivity index (χ3n) is 3.38. The number of nitrogens with one attached hydrogen (secondary N) is 1. The van der Waals surface area contributed by atoms with Crippen molar-refractivity contribution < 1.29 is 8.78 Å². The van der Waals surface area contributed by atoms with Crippen molar-refractivity contribution in [3.63, 3.8) is 0 Å². The Morgan fingerprint density at radius 2 is 1.57 bits per heavy atom. The summed E-state index contributed by atoms with van der Waals surface area (Å²) in [5, 5.41) is 3.10. The first-order valence-corrected chi connectivity index (χ1v) is 6.92. The number of aromatic nitrogens is 2. The summed E-state index contributed by atoms with van der Waals surface area (Å²) in [5.74, 6) is -0.573. The van der Waals surface area contributed by atoms with E-state index in [0.29, 0.717) is 17.8 Å². The fraction of sp³-hybridized carbons (Fsp3) is 0.375. The van der Waals surface area contributed by atoms with Crippen LogP contribution in [-0.4, -0.2) is 23.6 Å². The highest BCUT2D eigenvalue weighted by molar-refractivity contribution is 5.27. The third kappa shape index (κ3) is 4.04. The number of benzene rings is 1. The van der Waals surface area contributed by atoms with Crippen LogP contribution in [0, 0.1) is 25.5 Å². The molecule has 3 nitrogen and oxygen atoms in total. The predicted octanol–water partition coefficient (Wildman–Crippen LogP) is 2.72. The Labute approximate surface area is 123 Å². The fourth-order valence-electron chi connectivity index (χ4n) is 2.40. The van der Waals surface area contributed by atoms with Gasteiger partial charge in [-0.2, -0.15) is 0 Å². The lowest BCUT2D eigenvalue weighted by Gasteiger charge is -2.11. The maximum absolute atomic E-state index is 13.2. The standard InChI is InChI=1S/C16H19F2N3/c1-10-15(4-5-19-3)11(2)21-16(20-10)8-12-6-13(17)9-14(18)7-12/h6-7,9,19H,4-5,8H2,1-3H3. The molecule has 112 valence electrons. The zero-order chi connectivity index (χ0) is 15.4. The quantitative estimate of drug-likeness (QED) is 0.920. The molecule has 2 aromatic rings. The smallest absolute Gasteiger partial charge is 0.133 e. The number of hydrogen-bond acceptors (Lipinski definition) is 3. The van der Waals surface area contributed by atoms with Crippen LogP contribution in [0.25, 0.3) is 0 Å². The van der Waals surface area contributed by atoms with Gasteiger partial charge in [-0.15, -0.1) is 0 Å². The molecule has 1 aromatic heterocycles. The lowest BCUT2D eigenvalue weighted by atomic mass is 10.1. The van der Waals surface area contributed by atoms with E-state index in [2.05, 4.69) is 15.3 Å². The Morgan fingerprint density at radius 3 is 2.10 bits per heavy atom. The van der Waals surface area contributed by atoms with Gasteiger partial charge in [0.2, 0.25) is 0 Å². The largest absolute Gasteiger partial charge is 0.319 e. The molecule has 0 saturated carbocycles. The molecule has 0 aliphatic rings. The molecule has 0 spiro atoms. The summed E-state index contributed by atoms with van der Waals surface area (Å²) in [6, 6.07) is 3.49. The molecule has 2 rings (SSSR count). The van der Waals surface area contributed by atoms with Crippen LogP contribution >= 0.6 is 0 Å². The summed E-state index contributed by atoms with van der Waals surface area (Å²) in [6.07, 6.45) is 1.19. The minimum Gasteiger partial charge on any atom is -0.319 e. The Hall–Kier alpha value is -1.88. The topological polar surface area (TPSA) is 37.8 Å². The van der Waals surface area contributed by atoms with E-state index in [1.807, 2.05) is 20.9 Å². The van der Waals surface area contributed by atoms with Crippen LogP contribution in [0.1, 0.15) is 28.3 Å². The van der Waals surface area contributed by atoms with E-state index in [0.717, 1.165) is 36.0 Å². The van der Waals surface area contributed by atoms with Crippen LogP contribution in [-0.2, 0) is 12.8 Å². The van der Waals surface area contributed by atoms with E-state index in [1.54, 1.807) is 0 Å². The summed E-state index contributed by atoms with van der Waals surface area (Å²) in [4.78, 5) is 8.92. The average molecular weight is 291 g/mol. The minimum atomic E-state index is -0.580. The average Bonchev–Trinajstić information content (AvgIpc) is 2.36. The van der Waals surface area contributed by atoms with Gasteiger partial charge in [-0.3, -0.25) is 0 Å². The highest BCUT2D eigenvalue weighted by Gasteiger charge is 2.10. The molecule has 0 amide bonds. The highest BCUT2D eigenvalue weighted by atomic mass is 19.1. The Balaban J connectivity index is 2.25. The van der Waals surface area contributed by atoms with Gasteiger partial charge in [0, 0.05) is 23.9 Å². The molecule has 0 unspecified atom stereocenters. The third-order valence-corrected chi connectivity index (χ3v) is 3.38. The van der Waals surface area contributed by atoms with E-state index < -0.39 is 11.6 Å². The fourth-order valence-corrected chi connectivity index (χ4v) is 2.40. The van der Waals surface area contributed by atoms with Gasteiger partial charge in [0.05, 0.1) is 0 Å². The van der Waals surface area contributed by atoms with Gasteiger partial charge in [-0.1, -0.05) is 0 Å². The van der Waals surface area contributed by atoms with Crippen LogP contribution in [0.4, 0.5) is 8.78 Å². The lowest BCUT2D eigenvalue weighted by molar-refractivity contribution is 0.580. The lowest BCUT2D eigenvalue weighted by Crippen LogP contribution is -2.14. The molecule has 0 atom stereocenters. The zero-order valence-corrected chi connectivity index (χ0v) is 12.5. The van der Waals surface area contributed by atoms with Crippen LogP contribution in [0.5, 0.6) is 0 Å². The van der Waals surface area contributed by atoms with E-state index in [9.17, 15) is 8.78 Å². The van der Waals surface area contributed by atoms with Gasteiger partial charge >= 0.3 is 0 Å². The molecule has 21 heavy (non-hydrogen) atoms. The SMILES string of the molecule is CNCCc1c(C)nc(Cc2cc(F)cc(F)c2)nc1C. The van der Waals surface area contributed by atoms with Crippen molar-refractivity contribution in [2.75, 3.05) is 13.6 Å². The minimum absolute atomic E-state index is 0.322. The van der Waals surface area contributed by atoms with Gasteiger partial charge in [0.1, 0.15) is 17.5 Å². The van der Waals surface area contributed by atoms with E-state index >= 15 is 0 Å². The van der Waals surface area contributed by atoms with Crippen LogP contribution in [0.2, 0.25) is 0 Å². The van der Waals surface area contributed by atoms with Crippen molar-refractivity contribution in [2.45, 2.75) is 26.7 Å². The van der Waals surface area contributed by atoms with Crippen molar-refractivity contribution in [1.82, 2.24) is 15.3 Å². The van der Waals surface area contributed by atoms with E-state index in [4.69, 9.17) is 0 Å². The molecule has 0 bridgehead atoms. The molecule has 0 aliphatic heterocycles. The monoisotopic (exact) mass is 291 g/mol. The first kappa shape index (κ1) is 15.5. The molecular weight excluding hydrogens is 272 g/mol. The molecule has 1 N–H and O–H groups in total. The summed E-state index contributed by atoms with van der Waals surface area (Å²) in [5.41, 5.74) is 3.50. The molecule has 0 radical (unpaired) electrons. The van der Waals surface area contributed by atoms with Crippen molar-refractivity contribution in [1.29, 1.82) is 0 Å². The van der Waals surface area contributed by atoms with Gasteiger partial charge in [0.15, 0.2) is 0 Å². The summed E-state index contributed by atoms with van der Waals surface area (Å²) in [6.45, 7) is 4.74. The van der Waals surface area contributed by atoms with Gasteiger partial charge < -0.3 is 5.32 Å². The first-order valence-electron chi connectivity index (χ1n) is 6.92. The number of aryl methyl sites for hydroxylation is 2. The number of halogens is 2. The van der Waals surface area contributed by atoms with Crippen molar-refractivity contribution in [3.05, 3.63) is 58.2 Å². The van der Waals surface area contributed by atoms with Crippen molar-refractivity contribution in [3.8, 4) is 0 Å². The van der Waals surface area contributed by atoms with Gasteiger partial charge in [0.25, 0.3) is 0 Å². The predicted molar refractivity (Wildman–Crippen MR) is 78.3 cm³/mol. The van der Waals surface area contributed by atoms with Crippen LogP contribution < -0.4 is 5.32 Å². The number of rotatable bonds is 5. The first-order chi connectivity index (χ1) is 9.99. The van der Waals surface area contributed by atoms with Gasteiger partial charge in [-0.05, 0) is 57.1 Å². The molecule has 0 saturated heterocycles. The van der Waals surface area contributed by atoms with Crippen molar-refractivity contribution >= 4 is 0 Å². The molecule has 1 heterocycles. The van der Waals surface area contributed by atoms with Crippen LogP contribution in [0.3, 0.4) is 0 Å². The summed E-state index contributed by atoms with van der Waals surface area (Å²) < 4.78 is 26.4. The second-order valence-electron chi connectivity index (χ2n) is 5.10. The highest BCUT2D eigenvalue weighted by Crippen LogP contribution is 2.15. The normalized spacial score (nSPS) is 10.9. The summed E-state index contributed by atoms with van der Waals surface area (Å²) in [7, 11) is 1.90. The van der Waals surface area contributed by atoms with E-state index in [-0.39, 0.29) is 0 Å². The summed E-state index contributed by atoms with van der Waals surface area (Å²) >= 11 is 0. The Kier molecular flexibility index (Phi) is 4.96. The van der Waals surface area contributed by atoms with Crippen LogP contribution in [0.15, 0.2) is 18.2 Å². The second-order valence-corrected chi connectivity index (χ2v) is 5.10. The molecule has 1 aromatic carbocycles. The molecular formula is C16H19F2N3. The van der Waals surface area contributed by atoms with E-state index in [1.165, 1.54) is 12.1 Å². The van der Waals surface area contributed by atoms with Gasteiger partial charge in [-0.25, -0.2) is 18.7 Å². The molecule has 0 aliphatic carbocycles. The maximum atomic E-state index is 13.2. The Bertz CT molecular complexity index is 598.